The van der Waals surface area contributed by atoms with Gasteiger partial charge in [0.1, 0.15) is 0 Å². The lowest BCUT2D eigenvalue weighted by molar-refractivity contribution is 0.223. The van der Waals surface area contributed by atoms with Crippen molar-refractivity contribution in [1.82, 2.24) is 11.0 Å². The van der Waals surface area contributed by atoms with Gasteiger partial charge in [-0.3, -0.25) is 10.4 Å². The Hall–Kier alpha value is -3.88. The van der Waals surface area contributed by atoms with Gasteiger partial charge in [0.05, 0.1) is 22.7 Å². The normalized spacial score (nSPS) is 13.7. The van der Waals surface area contributed by atoms with Crippen molar-refractivity contribution in [2.24, 2.45) is 9.98 Å². The summed E-state index contributed by atoms with van der Waals surface area (Å²) in [5.74, 6) is -0.0182. The molecule has 8 nitrogen and oxygen atoms in total. The molecule has 0 spiro atoms. The molecule has 0 saturated heterocycles. The molecule has 1 heterocycles. The van der Waals surface area contributed by atoms with Gasteiger partial charge in [-0.2, -0.15) is 0 Å². The zero-order valence-electron chi connectivity index (χ0n) is 16.1. The van der Waals surface area contributed by atoms with Crippen molar-refractivity contribution in [3.05, 3.63) is 83.9 Å². The summed E-state index contributed by atoms with van der Waals surface area (Å²) in [7, 11) is 0. The molecule has 1 aliphatic heterocycles. The molecule has 0 saturated carbocycles. The van der Waals surface area contributed by atoms with E-state index in [1.807, 2.05) is 83.8 Å². The maximum absolute atomic E-state index is 9.66. The molecule has 8 heteroatoms. The third kappa shape index (κ3) is 4.24. The molecule has 0 aromatic heterocycles. The van der Waals surface area contributed by atoms with Crippen LogP contribution < -0.4 is 21.6 Å². The van der Waals surface area contributed by atoms with Crippen molar-refractivity contribution in [2.75, 3.05) is 10.6 Å². The number of fused-ring (bicyclic) bond motifs is 3. The molecule has 0 radical (unpaired) electrons. The summed E-state index contributed by atoms with van der Waals surface area (Å²) >= 11 is 0. The fourth-order valence-electron chi connectivity index (χ4n) is 3.21. The number of hydroxylamine groups is 2. The van der Waals surface area contributed by atoms with Gasteiger partial charge in [0.25, 0.3) is 0 Å². The quantitative estimate of drug-likeness (QED) is 0.318. The molecule has 0 amide bonds. The molecule has 0 bridgehead atoms. The van der Waals surface area contributed by atoms with E-state index in [4.69, 9.17) is 0 Å². The number of hydrogen-bond donors (Lipinski definition) is 6. The van der Waals surface area contributed by atoms with Crippen molar-refractivity contribution < 1.29 is 10.4 Å². The van der Waals surface area contributed by atoms with Crippen LogP contribution in [0.4, 0.5) is 22.7 Å². The molecule has 3 aromatic carbocycles. The smallest absolute Gasteiger partial charge is 0.195 e. The van der Waals surface area contributed by atoms with Crippen molar-refractivity contribution in [3.63, 3.8) is 0 Å². The monoisotopic (exact) mass is 402 g/mol. The van der Waals surface area contributed by atoms with Gasteiger partial charge in [-0.05, 0) is 35.4 Å². The van der Waals surface area contributed by atoms with Crippen LogP contribution in [0.15, 0.2) is 82.8 Å². The van der Waals surface area contributed by atoms with Gasteiger partial charge < -0.3 is 10.6 Å². The molecule has 152 valence electrons. The number of benzene rings is 3. The highest BCUT2D eigenvalue weighted by molar-refractivity contribution is 6.40. The molecule has 6 N–H and O–H groups in total. The highest BCUT2D eigenvalue weighted by Crippen LogP contribution is 2.27. The Morgan fingerprint density at radius 2 is 1.00 bits per heavy atom. The summed E-state index contributed by atoms with van der Waals surface area (Å²) in [5, 5.41) is 26.2. The lowest BCUT2D eigenvalue weighted by atomic mass is 10.1. The zero-order chi connectivity index (χ0) is 20.8. The van der Waals surface area contributed by atoms with E-state index in [1.54, 1.807) is 0 Å². The summed E-state index contributed by atoms with van der Waals surface area (Å²) in [5.41, 5.74) is 9.07. The first kappa shape index (κ1) is 19.4. The second-order valence-corrected chi connectivity index (χ2v) is 6.65. The first-order valence-electron chi connectivity index (χ1n) is 9.49. The topological polar surface area (TPSA) is 113 Å². The third-order valence-corrected chi connectivity index (χ3v) is 4.75. The second kappa shape index (κ2) is 9.08. The van der Waals surface area contributed by atoms with E-state index in [0.717, 1.165) is 22.5 Å². The van der Waals surface area contributed by atoms with Gasteiger partial charge in [0.15, 0.2) is 11.7 Å². The second-order valence-electron chi connectivity index (χ2n) is 6.65. The Kier molecular flexibility index (Phi) is 5.88. The maximum Gasteiger partial charge on any atom is 0.195 e. The average molecular weight is 402 g/mol. The minimum absolute atomic E-state index is 0.00910. The Morgan fingerprint density at radius 1 is 0.600 bits per heavy atom. The lowest BCUT2D eigenvalue weighted by Gasteiger charge is -2.17. The Balaban J connectivity index is 1.87. The van der Waals surface area contributed by atoms with Crippen LogP contribution in [0.3, 0.4) is 0 Å². The van der Waals surface area contributed by atoms with Crippen LogP contribution in [-0.4, -0.2) is 22.1 Å². The average Bonchev–Trinajstić information content (AvgIpc) is 2.80. The highest BCUT2D eigenvalue weighted by Gasteiger charge is 2.13. The molecule has 0 unspecified atom stereocenters. The number of aliphatic imine (C=N–C) groups is 2. The van der Waals surface area contributed by atoms with Crippen molar-refractivity contribution in [3.8, 4) is 0 Å². The molecule has 30 heavy (non-hydrogen) atoms. The summed E-state index contributed by atoms with van der Waals surface area (Å²) in [4.78, 5) is 8.95. The van der Waals surface area contributed by atoms with E-state index in [9.17, 15) is 10.4 Å². The van der Waals surface area contributed by atoms with E-state index in [0.29, 0.717) is 24.5 Å². The fourth-order valence-corrected chi connectivity index (χ4v) is 3.21. The van der Waals surface area contributed by atoms with Crippen LogP contribution in [-0.2, 0) is 13.1 Å². The number of hydrogen-bond acceptors (Lipinski definition) is 8. The Bertz CT molecular complexity index is 1010. The minimum atomic E-state index is -0.00910. The van der Waals surface area contributed by atoms with E-state index in [1.165, 1.54) is 0 Å². The number of anilines is 2. The van der Waals surface area contributed by atoms with Gasteiger partial charge in [-0.25, -0.2) is 20.9 Å². The molecule has 0 aliphatic carbocycles. The van der Waals surface area contributed by atoms with E-state index < -0.39 is 0 Å². The summed E-state index contributed by atoms with van der Waals surface area (Å²) < 4.78 is 0. The first-order valence-corrected chi connectivity index (χ1v) is 9.49. The Morgan fingerprint density at radius 3 is 1.43 bits per heavy atom. The van der Waals surface area contributed by atoms with Gasteiger partial charge in [0, 0.05) is 13.1 Å². The molecule has 4 rings (SSSR count). The van der Waals surface area contributed by atoms with Crippen LogP contribution in [0.5, 0.6) is 0 Å². The van der Waals surface area contributed by atoms with E-state index in [2.05, 4.69) is 20.6 Å². The largest absolute Gasteiger partial charge is 0.379 e. The van der Waals surface area contributed by atoms with E-state index in [-0.39, 0.29) is 11.7 Å². The van der Waals surface area contributed by atoms with Gasteiger partial charge in [-0.15, -0.1) is 0 Å². The zero-order valence-corrected chi connectivity index (χ0v) is 16.1. The van der Waals surface area contributed by atoms with Crippen molar-refractivity contribution >= 4 is 34.4 Å². The molecular formula is C22H22N6O2. The Labute approximate surface area is 173 Å². The van der Waals surface area contributed by atoms with E-state index >= 15 is 0 Å². The van der Waals surface area contributed by atoms with Crippen molar-refractivity contribution in [2.45, 2.75) is 13.1 Å². The summed E-state index contributed by atoms with van der Waals surface area (Å²) in [6.45, 7) is 1.04. The van der Waals surface area contributed by atoms with Gasteiger partial charge in [-0.1, -0.05) is 48.5 Å². The number of amidine groups is 2. The third-order valence-electron chi connectivity index (χ3n) is 4.75. The molecule has 3 aromatic rings. The number of rotatable bonds is 0. The molecular weight excluding hydrogens is 380 g/mol. The van der Waals surface area contributed by atoms with Crippen LogP contribution in [0.1, 0.15) is 11.1 Å². The van der Waals surface area contributed by atoms with Crippen LogP contribution in [0.25, 0.3) is 0 Å². The highest BCUT2D eigenvalue weighted by atomic mass is 16.5. The fraction of sp³-hybridized carbons (Fsp3) is 0.0909. The number of nitrogens with zero attached hydrogens (tertiary/aromatic N) is 2. The lowest BCUT2D eigenvalue weighted by Crippen LogP contribution is -2.37. The van der Waals surface area contributed by atoms with Gasteiger partial charge in [0.2, 0.25) is 0 Å². The molecule has 1 aliphatic rings. The first-order chi connectivity index (χ1) is 14.8. The number of nitrogens with one attached hydrogen (secondary N) is 4. The van der Waals surface area contributed by atoms with Crippen molar-refractivity contribution in [1.29, 1.82) is 0 Å². The minimum Gasteiger partial charge on any atom is -0.379 e. The number of para-hydroxylation sites is 4. The summed E-state index contributed by atoms with van der Waals surface area (Å²) in [6, 6.07) is 23.1. The maximum atomic E-state index is 9.66. The van der Waals surface area contributed by atoms with Gasteiger partial charge >= 0.3 is 0 Å². The predicted octanol–water partition coefficient (Wildman–Crippen LogP) is 3.94. The molecule has 0 fully saturated rings. The van der Waals surface area contributed by atoms with Crippen LogP contribution in [0, 0.1) is 0 Å². The standard InChI is InChI=1S/C22H22N6O2/c29-27-21-22(28-30)26-18-10-4-2-8-16(18)14-24-20-12-6-5-11-19(20)23-13-15-7-1-3-9-17(15)25-21/h1-12,23-24,29-30H,13-14H2,(H,25,27)(H,26,28). The summed E-state index contributed by atoms with van der Waals surface area (Å²) in [6.07, 6.45) is 0. The SMILES string of the molecule is ONC1=Nc2ccccc2CNc2ccccc2NCc2ccccc2N=C1NO. The van der Waals surface area contributed by atoms with Crippen LogP contribution in [0.2, 0.25) is 0 Å². The molecule has 0 atom stereocenters. The van der Waals surface area contributed by atoms with Crippen LogP contribution >= 0.6 is 0 Å². The predicted molar refractivity (Wildman–Crippen MR) is 118 cm³/mol.